The van der Waals surface area contributed by atoms with E-state index in [1.807, 2.05) is 48.0 Å². The van der Waals surface area contributed by atoms with E-state index in [1.165, 1.54) is 6.92 Å². The quantitative estimate of drug-likeness (QED) is 0.776. The van der Waals surface area contributed by atoms with E-state index in [1.54, 1.807) is 6.20 Å². The Bertz CT molecular complexity index is 520. The number of ether oxygens (including phenoxy) is 1. The predicted octanol–water partition coefficient (Wildman–Crippen LogP) is 2.50. The third kappa shape index (κ3) is 2.97. The Morgan fingerprint density at radius 3 is 2.78 bits per heavy atom. The van der Waals surface area contributed by atoms with Crippen LogP contribution in [0.25, 0.3) is 11.4 Å². The minimum absolute atomic E-state index is 0.167. The lowest BCUT2D eigenvalue weighted by atomic mass is 10.2. The molecule has 18 heavy (non-hydrogen) atoms. The Labute approximate surface area is 106 Å². The maximum Gasteiger partial charge on any atom is 0.302 e. The summed E-state index contributed by atoms with van der Waals surface area (Å²) in [6, 6.07) is 9.94. The molecule has 0 aliphatic carbocycles. The zero-order valence-corrected chi connectivity index (χ0v) is 10.5. The smallest absolute Gasteiger partial charge is 0.302 e. The zero-order chi connectivity index (χ0) is 13.0. The number of benzene rings is 1. The summed E-state index contributed by atoms with van der Waals surface area (Å²) < 4.78 is 7.12. The lowest BCUT2D eigenvalue weighted by molar-refractivity contribution is -0.146. The Morgan fingerprint density at radius 1 is 1.39 bits per heavy atom. The molecule has 0 spiro atoms. The molecule has 1 atom stereocenters. The van der Waals surface area contributed by atoms with Gasteiger partial charge in [-0.2, -0.15) is 0 Å². The fraction of sp³-hybridized carbons (Fsp3) is 0.286. The number of esters is 1. The second-order valence-electron chi connectivity index (χ2n) is 4.19. The number of hydrogen-bond acceptors (Lipinski definition) is 3. The second kappa shape index (κ2) is 5.49. The average molecular weight is 244 g/mol. The molecule has 4 nitrogen and oxygen atoms in total. The van der Waals surface area contributed by atoms with E-state index in [2.05, 4.69) is 4.98 Å². The van der Waals surface area contributed by atoms with Gasteiger partial charge in [0.2, 0.25) is 0 Å². The lowest BCUT2D eigenvalue weighted by Gasteiger charge is -2.14. The van der Waals surface area contributed by atoms with Gasteiger partial charge in [-0.1, -0.05) is 30.3 Å². The van der Waals surface area contributed by atoms with Crippen molar-refractivity contribution in [3.8, 4) is 11.4 Å². The molecule has 0 amide bonds. The van der Waals surface area contributed by atoms with Crippen LogP contribution in [-0.2, 0) is 16.1 Å². The summed E-state index contributed by atoms with van der Waals surface area (Å²) in [4.78, 5) is 15.2. The first-order chi connectivity index (χ1) is 8.66. The van der Waals surface area contributed by atoms with Crippen LogP contribution in [0.3, 0.4) is 0 Å². The largest absolute Gasteiger partial charge is 0.461 e. The van der Waals surface area contributed by atoms with Crippen molar-refractivity contribution in [2.24, 2.45) is 0 Å². The number of carbonyl (C=O) groups excluding carboxylic acids is 1. The summed E-state index contributed by atoms with van der Waals surface area (Å²) in [5, 5.41) is 0. The Kier molecular flexibility index (Phi) is 3.77. The number of carbonyl (C=O) groups is 1. The molecule has 2 aromatic rings. The number of nitrogens with zero attached hydrogens (tertiary/aromatic N) is 2. The van der Waals surface area contributed by atoms with Crippen molar-refractivity contribution in [2.75, 3.05) is 0 Å². The van der Waals surface area contributed by atoms with Gasteiger partial charge in [0.25, 0.3) is 0 Å². The van der Waals surface area contributed by atoms with Crippen LogP contribution >= 0.6 is 0 Å². The molecule has 0 aliphatic rings. The van der Waals surface area contributed by atoms with Crippen LogP contribution < -0.4 is 0 Å². The first-order valence-electron chi connectivity index (χ1n) is 5.90. The van der Waals surface area contributed by atoms with E-state index >= 15 is 0 Å². The number of rotatable bonds is 4. The molecule has 1 aromatic carbocycles. The summed E-state index contributed by atoms with van der Waals surface area (Å²) >= 11 is 0. The monoisotopic (exact) mass is 244 g/mol. The van der Waals surface area contributed by atoms with Crippen molar-refractivity contribution in [3.63, 3.8) is 0 Å². The standard InChI is InChI=1S/C14H16N2O2/c1-11(18-12(2)17)10-16-9-8-15-14(16)13-6-4-3-5-7-13/h3-9,11H,10H2,1-2H3. The Morgan fingerprint density at radius 2 is 2.11 bits per heavy atom. The molecule has 2 rings (SSSR count). The molecule has 0 radical (unpaired) electrons. The topological polar surface area (TPSA) is 44.1 Å². The zero-order valence-electron chi connectivity index (χ0n) is 10.5. The van der Waals surface area contributed by atoms with E-state index in [0.29, 0.717) is 6.54 Å². The van der Waals surface area contributed by atoms with Crippen LogP contribution in [0, 0.1) is 0 Å². The number of hydrogen-bond donors (Lipinski definition) is 0. The third-order valence-electron chi connectivity index (χ3n) is 2.57. The van der Waals surface area contributed by atoms with Gasteiger partial charge in [0.1, 0.15) is 11.9 Å². The average Bonchev–Trinajstić information content (AvgIpc) is 2.77. The minimum Gasteiger partial charge on any atom is -0.461 e. The van der Waals surface area contributed by atoms with E-state index < -0.39 is 0 Å². The number of imidazole rings is 1. The molecule has 1 unspecified atom stereocenters. The maximum atomic E-state index is 10.9. The van der Waals surface area contributed by atoms with Crippen LogP contribution in [0.4, 0.5) is 0 Å². The summed E-state index contributed by atoms with van der Waals surface area (Å²) in [5.41, 5.74) is 1.05. The van der Waals surface area contributed by atoms with Gasteiger partial charge in [0, 0.05) is 24.9 Å². The van der Waals surface area contributed by atoms with Gasteiger partial charge in [0.15, 0.2) is 0 Å². The Hall–Kier alpha value is -2.10. The van der Waals surface area contributed by atoms with Crippen LogP contribution in [0.1, 0.15) is 13.8 Å². The Balaban J connectivity index is 2.16. The molecule has 0 bridgehead atoms. The molecule has 1 heterocycles. The molecule has 0 fully saturated rings. The third-order valence-corrected chi connectivity index (χ3v) is 2.57. The SMILES string of the molecule is CC(=O)OC(C)Cn1ccnc1-c1ccccc1. The van der Waals surface area contributed by atoms with Gasteiger partial charge in [-0.05, 0) is 6.92 Å². The summed E-state index contributed by atoms with van der Waals surface area (Å²) in [5.74, 6) is 0.624. The highest BCUT2D eigenvalue weighted by atomic mass is 16.5. The summed E-state index contributed by atoms with van der Waals surface area (Å²) in [7, 11) is 0. The van der Waals surface area contributed by atoms with Gasteiger partial charge in [-0.3, -0.25) is 4.79 Å². The van der Waals surface area contributed by atoms with Crippen molar-refractivity contribution in [2.45, 2.75) is 26.5 Å². The van der Waals surface area contributed by atoms with Crippen molar-refractivity contribution >= 4 is 5.97 Å². The first kappa shape index (κ1) is 12.4. The normalized spacial score (nSPS) is 12.1. The van der Waals surface area contributed by atoms with E-state index in [0.717, 1.165) is 11.4 Å². The fourth-order valence-corrected chi connectivity index (χ4v) is 1.90. The van der Waals surface area contributed by atoms with Gasteiger partial charge < -0.3 is 9.30 Å². The molecular formula is C14H16N2O2. The van der Waals surface area contributed by atoms with Crippen LogP contribution in [0.15, 0.2) is 42.7 Å². The van der Waals surface area contributed by atoms with Crippen molar-refractivity contribution in [1.82, 2.24) is 9.55 Å². The van der Waals surface area contributed by atoms with Crippen molar-refractivity contribution in [1.29, 1.82) is 0 Å². The first-order valence-corrected chi connectivity index (χ1v) is 5.90. The van der Waals surface area contributed by atoms with Crippen LogP contribution in [-0.4, -0.2) is 21.6 Å². The lowest BCUT2D eigenvalue weighted by Crippen LogP contribution is -2.19. The van der Waals surface area contributed by atoms with Gasteiger partial charge >= 0.3 is 5.97 Å². The second-order valence-corrected chi connectivity index (χ2v) is 4.19. The molecule has 94 valence electrons. The molecule has 1 aromatic heterocycles. The number of aromatic nitrogens is 2. The minimum atomic E-state index is -0.260. The molecule has 0 aliphatic heterocycles. The van der Waals surface area contributed by atoms with E-state index in [-0.39, 0.29) is 12.1 Å². The highest BCUT2D eigenvalue weighted by molar-refractivity contribution is 5.66. The van der Waals surface area contributed by atoms with Crippen molar-refractivity contribution < 1.29 is 9.53 Å². The summed E-state index contributed by atoms with van der Waals surface area (Å²) in [6.45, 7) is 3.89. The fourth-order valence-electron chi connectivity index (χ4n) is 1.90. The molecule has 0 saturated heterocycles. The highest BCUT2D eigenvalue weighted by Gasteiger charge is 2.10. The molecular weight excluding hydrogens is 228 g/mol. The van der Waals surface area contributed by atoms with Gasteiger partial charge in [0.05, 0.1) is 6.54 Å². The molecule has 4 heteroatoms. The molecule has 0 N–H and O–H groups in total. The van der Waals surface area contributed by atoms with Crippen molar-refractivity contribution in [3.05, 3.63) is 42.7 Å². The van der Waals surface area contributed by atoms with E-state index in [4.69, 9.17) is 4.74 Å². The van der Waals surface area contributed by atoms with Crippen LogP contribution in [0.5, 0.6) is 0 Å². The molecule has 0 saturated carbocycles. The van der Waals surface area contributed by atoms with Gasteiger partial charge in [-0.15, -0.1) is 0 Å². The van der Waals surface area contributed by atoms with Gasteiger partial charge in [-0.25, -0.2) is 4.98 Å². The highest BCUT2D eigenvalue weighted by Crippen LogP contribution is 2.17. The van der Waals surface area contributed by atoms with E-state index in [9.17, 15) is 4.79 Å². The van der Waals surface area contributed by atoms with Crippen LogP contribution in [0.2, 0.25) is 0 Å². The maximum absolute atomic E-state index is 10.9. The summed E-state index contributed by atoms with van der Waals surface area (Å²) in [6.07, 6.45) is 3.48. The predicted molar refractivity (Wildman–Crippen MR) is 68.9 cm³/mol.